The molecule has 0 atom stereocenters. The Morgan fingerprint density at radius 1 is 1.15 bits per heavy atom. The first-order valence-corrected chi connectivity index (χ1v) is 8.24. The first kappa shape index (κ1) is 12.4. The van der Waals surface area contributed by atoms with E-state index in [2.05, 4.69) is 56.3 Å². The third-order valence-corrected chi connectivity index (χ3v) is 2.62. The molecule has 0 saturated heterocycles. The van der Waals surface area contributed by atoms with E-state index in [0.717, 1.165) is 5.71 Å². The van der Waals surface area contributed by atoms with Crippen LogP contribution in [-0.4, -0.2) is 20.8 Å². The summed E-state index contributed by atoms with van der Waals surface area (Å²) < 4.78 is 0. The van der Waals surface area contributed by atoms with Gasteiger partial charge in [-0.2, -0.15) is 0 Å². The van der Waals surface area contributed by atoms with Crippen molar-refractivity contribution in [2.75, 3.05) is 7.05 Å². The van der Waals surface area contributed by atoms with E-state index < -0.39 is 8.07 Å². The predicted molar refractivity (Wildman–Crippen MR) is 65.3 cm³/mol. The Bertz CT molecular complexity index is 237. The zero-order valence-corrected chi connectivity index (χ0v) is 10.7. The zero-order valence-electron chi connectivity index (χ0n) is 9.68. The van der Waals surface area contributed by atoms with Gasteiger partial charge in [0.15, 0.2) is 0 Å². The molecule has 2 heteroatoms. The standard InChI is InChI=1S/C11H21NSi/c1-10(2)9-11(12-3)7-8-13(4,5)6/h7-9H,1-6H3/b8-7+,12-11?. The fraction of sp³-hybridized carbons (Fsp3) is 0.545. The van der Waals surface area contributed by atoms with Crippen LogP contribution in [0.5, 0.6) is 0 Å². The summed E-state index contributed by atoms with van der Waals surface area (Å²) in [7, 11) is 0.759. The molecule has 0 N–H and O–H groups in total. The van der Waals surface area contributed by atoms with Crippen LogP contribution in [0.25, 0.3) is 0 Å². The van der Waals surface area contributed by atoms with Gasteiger partial charge in [0.2, 0.25) is 0 Å². The lowest BCUT2D eigenvalue weighted by Gasteiger charge is -2.07. The summed E-state index contributed by atoms with van der Waals surface area (Å²) in [6, 6.07) is 0. The summed E-state index contributed by atoms with van der Waals surface area (Å²) >= 11 is 0. The monoisotopic (exact) mass is 195 g/mol. The molecule has 0 amide bonds. The number of hydrogen-bond donors (Lipinski definition) is 0. The first-order chi connectivity index (χ1) is 5.85. The van der Waals surface area contributed by atoms with Crippen molar-refractivity contribution >= 4 is 13.8 Å². The van der Waals surface area contributed by atoms with Crippen LogP contribution < -0.4 is 0 Å². The Hall–Kier alpha value is -0.633. The molecule has 0 saturated carbocycles. The summed E-state index contributed by atoms with van der Waals surface area (Å²) in [5, 5.41) is 0. The van der Waals surface area contributed by atoms with Crippen molar-refractivity contribution in [3.63, 3.8) is 0 Å². The number of hydrogen-bond acceptors (Lipinski definition) is 1. The van der Waals surface area contributed by atoms with Crippen LogP contribution >= 0.6 is 0 Å². The summed E-state index contributed by atoms with van der Waals surface area (Å²) in [6.07, 6.45) is 4.25. The molecule has 0 spiro atoms. The number of nitrogens with zero attached hydrogens (tertiary/aromatic N) is 1. The second-order valence-corrected chi connectivity index (χ2v) is 9.63. The van der Waals surface area contributed by atoms with Gasteiger partial charge in [0, 0.05) is 7.05 Å². The molecule has 74 valence electrons. The fourth-order valence-corrected chi connectivity index (χ4v) is 1.49. The molecule has 0 fully saturated rings. The predicted octanol–water partition coefficient (Wildman–Crippen LogP) is 3.46. The van der Waals surface area contributed by atoms with Crippen molar-refractivity contribution in [2.24, 2.45) is 4.99 Å². The second-order valence-electron chi connectivity index (χ2n) is 4.57. The molecule has 0 aromatic heterocycles. The molecule has 0 aromatic carbocycles. The Morgan fingerprint density at radius 3 is 2.00 bits per heavy atom. The Labute approximate surface area is 83.3 Å². The minimum absolute atomic E-state index is 1.07. The van der Waals surface area contributed by atoms with E-state index in [1.165, 1.54) is 5.57 Å². The highest BCUT2D eigenvalue weighted by atomic mass is 28.3. The van der Waals surface area contributed by atoms with Crippen molar-refractivity contribution < 1.29 is 0 Å². The summed E-state index contributed by atoms with van der Waals surface area (Å²) in [5.74, 6) is 0. The minimum Gasteiger partial charge on any atom is -0.289 e. The van der Waals surface area contributed by atoms with Crippen LogP contribution in [0.4, 0.5) is 0 Å². The number of allylic oxidation sites excluding steroid dienone is 3. The van der Waals surface area contributed by atoms with Gasteiger partial charge >= 0.3 is 0 Å². The van der Waals surface area contributed by atoms with Gasteiger partial charge < -0.3 is 0 Å². The lowest BCUT2D eigenvalue weighted by molar-refractivity contribution is 1.38. The molecule has 0 aliphatic rings. The normalized spacial score (nSPS) is 13.5. The van der Waals surface area contributed by atoms with Crippen LogP contribution in [0, 0.1) is 0 Å². The molecule has 13 heavy (non-hydrogen) atoms. The lowest BCUT2D eigenvalue weighted by atomic mass is 10.2. The second kappa shape index (κ2) is 5.17. The van der Waals surface area contributed by atoms with Crippen molar-refractivity contribution in [1.82, 2.24) is 0 Å². The molecular formula is C11H21NSi. The van der Waals surface area contributed by atoms with Crippen molar-refractivity contribution in [1.29, 1.82) is 0 Å². The molecule has 0 aromatic rings. The summed E-state index contributed by atoms with van der Waals surface area (Å²) in [6.45, 7) is 11.1. The van der Waals surface area contributed by atoms with E-state index in [-0.39, 0.29) is 0 Å². The average Bonchev–Trinajstić information content (AvgIpc) is 1.95. The van der Waals surface area contributed by atoms with Gasteiger partial charge in [0.1, 0.15) is 0 Å². The zero-order chi connectivity index (χ0) is 10.5. The van der Waals surface area contributed by atoms with Crippen LogP contribution in [0.1, 0.15) is 13.8 Å². The lowest BCUT2D eigenvalue weighted by Crippen LogP contribution is -2.16. The van der Waals surface area contributed by atoms with Gasteiger partial charge in [-0.25, -0.2) is 0 Å². The molecule has 0 radical (unpaired) electrons. The van der Waals surface area contributed by atoms with Gasteiger partial charge in [0.05, 0.1) is 13.8 Å². The van der Waals surface area contributed by atoms with Gasteiger partial charge in [-0.05, 0) is 26.0 Å². The van der Waals surface area contributed by atoms with Crippen LogP contribution in [0.3, 0.4) is 0 Å². The molecule has 0 aliphatic carbocycles. The van der Waals surface area contributed by atoms with Crippen molar-refractivity contribution in [3.8, 4) is 0 Å². The summed E-state index contributed by atoms with van der Waals surface area (Å²) in [5.41, 5.74) is 4.68. The van der Waals surface area contributed by atoms with Crippen molar-refractivity contribution in [2.45, 2.75) is 33.5 Å². The summed E-state index contributed by atoms with van der Waals surface area (Å²) in [4.78, 5) is 4.21. The topological polar surface area (TPSA) is 12.4 Å². The van der Waals surface area contributed by atoms with Crippen molar-refractivity contribution in [3.05, 3.63) is 23.4 Å². The average molecular weight is 195 g/mol. The highest BCUT2D eigenvalue weighted by Gasteiger charge is 2.06. The van der Waals surface area contributed by atoms with Crippen LogP contribution in [0.15, 0.2) is 28.4 Å². The van der Waals surface area contributed by atoms with Crippen LogP contribution in [0.2, 0.25) is 19.6 Å². The van der Waals surface area contributed by atoms with E-state index in [1.54, 1.807) is 0 Å². The third kappa shape index (κ3) is 7.72. The van der Waals surface area contributed by atoms with E-state index in [0.29, 0.717) is 0 Å². The van der Waals surface area contributed by atoms with Gasteiger partial charge in [-0.3, -0.25) is 4.99 Å². The highest BCUT2D eigenvalue weighted by molar-refractivity contribution is 6.81. The maximum Gasteiger partial charge on any atom is 0.0688 e. The number of rotatable bonds is 3. The molecule has 0 rings (SSSR count). The molecule has 1 nitrogen and oxygen atoms in total. The Kier molecular flexibility index (Phi) is 4.92. The highest BCUT2D eigenvalue weighted by Crippen LogP contribution is 2.03. The molecule has 0 bridgehead atoms. The smallest absolute Gasteiger partial charge is 0.0688 e. The van der Waals surface area contributed by atoms with Gasteiger partial charge in [0.25, 0.3) is 0 Å². The van der Waals surface area contributed by atoms with Gasteiger partial charge in [-0.1, -0.05) is 30.9 Å². The largest absolute Gasteiger partial charge is 0.289 e. The minimum atomic E-state index is -1.08. The Balaban J connectivity index is 4.51. The molecule has 0 heterocycles. The Morgan fingerprint density at radius 2 is 1.69 bits per heavy atom. The van der Waals surface area contributed by atoms with E-state index in [4.69, 9.17) is 0 Å². The number of aliphatic imine (C=N–C) groups is 1. The maximum atomic E-state index is 4.21. The SMILES string of the molecule is CN=C(C=C(C)C)/C=C/[Si](C)(C)C. The fourth-order valence-electron chi connectivity index (χ4n) is 0.818. The van der Waals surface area contributed by atoms with E-state index in [9.17, 15) is 0 Å². The van der Waals surface area contributed by atoms with E-state index in [1.807, 2.05) is 7.05 Å². The third-order valence-electron chi connectivity index (χ3n) is 1.45. The molecule has 0 aliphatic heterocycles. The first-order valence-electron chi connectivity index (χ1n) is 4.66. The maximum absolute atomic E-state index is 4.21. The molecular weight excluding hydrogens is 174 g/mol. The van der Waals surface area contributed by atoms with Gasteiger partial charge in [-0.15, -0.1) is 0 Å². The van der Waals surface area contributed by atoms with Crippen LogP contribution in [-0.2, 0) is 0 Å². The quantitative estimate of drug-likeness (QED) is 0.483. The van der Waals surface area contributed by atoms with E-state index >= 15 is 0 Å². The molecule has 0 unspecified atom stereocenters.